The number of amides is 2. The number of benzene rings is 2. The van der Waals surface area contributed by atoms with Crippen molar-refractivity contribution in [2.75, 3.05) is 20.8 Å². The first kappa shape index (κ1) is 25.5. The molecule has 10 nitrogen and oxygen atoms in total. The summed E-state index contributed by atoms with van der Waals surface area (Å²) >= 11 is 0. The summed E-state index contributed by atoms with van der Waals surface area (Å²) in [6, 6.07) is 11.9. The van der Waals surface area contributed by atoms with Gasteiger partial charge in [-0.1, -0.05) is 12.1 Å². The minimum atomic E-state index is -0.618. The molecule has 1 saturated carbocycles. The van der Waals surface area contributed by atoms with E-state index >= 15 is 0 Å². The van der Waals surface area contributed by atoms with Crippen molar-refractivity contribution >= 4 is 23.3 Å². The first-order valence-electron chi connectivity index (χ1n) is 11.7. The Morgan fingerprint density at radius 1 is 1.06 bits per heavy atom. The lowest BCUT2D eigenvalue weighted by Gasteiger charge is -2.46. The number of Topliss-reactive ketones (excluding diaryl/α,β-unsaturated/α-hetero) is 1. The monoisotopic (exact) mass is 496 g/mol. The molecule has 2 aliphatic rings. The van der Waals surface area contributed by atoms with Gasteiger partial charge in [0.05, 0.1) is 43.3 Å². The number of carbonyl (C=O) groups is 3. The highest BCUT2D eigenvalue weighted by atomic mass is 16.6. The van der Waals surface area contributed by atoms with E-state index in [1.54, 1.807) is 7.11 Å². The van der Waals surface area contributed by atoms with Gasteiger partial charge in [-0.3, -0.25) is 29.4 Å². The summed E-state index contributed by atoms with van der Waals surface area (Å²) in [6.07, 6.45) is 0.188. The van der Waals surface area contributed by atoms with E-state index in [0.29, 0.717) is 6.42 Å². The van der Waals surface area contributed by atoms with Gasteiger partial charge in [0.25, 0.3) is 11.6 Å². The van der Waals surface area contributed by atoms with Gasteiger partial charge in [-0.15, -0.1) is 0 Å². The van der Waals surface area contributed by atoms with Crippen LogP contribution in [0.5, 0.6) is 5.75 Å². The van der Waals surface area contributed by atoms with Gasteiger partial charge in [0.1, 0.15) is 11.5 Å². The molecule has 10 heteroatoms. The third-order valence-electron chi connectivity index (χ3n) is 6.87. The van der Waals surface area contributed by atoms with Gasteiger partial charge in [-0.2, -0.15) is 0 Å². The molecule has 2 amide bonds. The van der Waals surface area contributed by atoms with Gasteiger partial charge in [0.2, 0.25) is 5.91 Å². The number of rotatable bonds is 8. The van der Waals surface area contributed by atoms with E-state index in [2.05, 4.69) is 0 Å². The number of non-ortho nitro benzene ring substituents is 1. The van der Waals surface area contributed by atoms with Crippen molar-refractivity contribution in [3.8, 4) is 5.75 Å². The van der Waals surface area contributed by atoms with E-state index in [9.17, 15) is 24.5 Å². The third kappa shape index (κ3) is 5.29. The topological polar surface area (TPSA) is 125 Å². The molecule has 2 aromatic rings. The van der Waals surface area contributed by atoms with E-state index in [4.69, 9.17) is 14.2 Å². The maximum Gasteiger partial charge on any atom is 0.269 e. The Labute approximate surface area is 208 Å². The van der Waals surface area contributed by atoms with Gasteiger partial charge in [-0.05, 0) is 42.2 Å². The molecule has 0 spiro atoms. The van der Waals surface area contributed by atoms with Crippen LogP contribution in [0.15, 0.2) is 48.5 Å². The summed E-state index contributed by atoms with van der Waals surface area (Å²) < 4.78 is 16.6. The molecule has 0 bridgehead atoms. The molecule has 36 heavy (non-hydrogen) atoms. The standard InChI is InChI=1S/C26H28N2O8/c1-34-22-9-3-16(4-10-22)14-36-15-20-11-18-12-21(29)13-23(35-2)24(18)26(31)27(20)25(30)17-5-7-19(8-6-17)28(32)33/h3-10,18,20,23-24H,11-15H2,1-2H3/t18-,20-,23+,24-/m0/s1. The number of nitro benzene ring substituents is 1. The van der Waals surface area contributed by atoms with Crippen LogP contribution in [0.3, 0.4) is 0 Å². The minimum Gasteiger partial charge on any atom is -0.497 e. The number of fused-ring (bicyclic) bond motifs is 1. The summed E-state index contributed by atoms with van der Waals surface area (Å²) in [7, 11) is 3.04. The quantitative estimate of drug-likeness (QED) is 0.310. The number of hydrogen-bond acceptors (Lipinski definition) is 8. The van der Waals surface area contributed by atoms with E-state index in [-0.39, 0.29) is 49.0 Å². The fourth-order valence-electron chi connectivity index (χ4n) is 5.08. The molecule has 0 aromatic heterocycles. The SMILES string of the molecule is COc1ccc(COC[C@@H]2C[C@H]3CC(=O)C[C@@H](OC)[C@H]3C(=O)N2C(=O)c2ccc([N+](=O)[O-])cc2)cc1. The Hall–Kier alpha value is -3.63. The number of piperidine rings is 1. The van der Waals surface area contributed by atoms with Crippen LogP contribution in [0.1, 0.15) is 35.2 Å². The average Bonchev–Trinajstić information content (AvgIpc) is 2.88. The average molecular weight is 497 g/mol. The van der Waals surface area contributed by atoms with Crippen molar-refractivity contribution in [3.63, 3.8) is 0 Å². The van der Waals surface area contributed by atoms with Gasteiger partial charge in [0, 0.05) is 37.6 Å². The predicted octanol–water partition coefficient (Wildman–Crippen LogP) is 3.17. The molecular formula is C26H28N2O8. The van der Waals surface area contributed by atoms with E-state index < -0.39 is 34.8 Å². The highest BCUT2D eigenvalue weighted by Crippen LogP contribution is 2.40. The molecule has 0 N–H and O–H groups in total. The van der Waals surface area contributed by atoms with Gasteiger partial charge in [-0.25, -0.2) is 0 Å². The van der Waals surface area contributed by atoms with Crippen LogP contribution in [-0.4, -0.2) is 60.4 Å². The molecule has 0 unspecified atom stereocenters. The van der Waals surface area contributed by atoms with Crippen LogP contribution in [0.2, 0.25) is 0 Å². The first-order chi connectivity index (χ1) is 17.3. The van der Waals surface area contributed by atoms with Gasteiger partial charge < -0.3 is 14.2 Å². The molecular weight excluding hydrogens is 468 g/mol. The zero-order chi connectivity index (χ0) is 25.8. The Morgan fingerprint density at radius 2 is 1.75 bits per heavy atom. The number of ketones is 1. The van der Waals surface area contributed by atoms with E-state index in [1.165, 1.54) is 36.3 Å². The fourth-order valence-corrected chi connectivity index (χ4v) is 5.08. The summed E-state index contributed by atoms with van der Waals surface area (Å²) in [5.74, 6) is -1.09. The Kier molecular flexibility index (Phi) is 7.76. The number of ether oxygens (including phenoxy) is 3. The summed E-state index contributed by atoms with van der Waals surface area (Å²) in [4.78, 5) is 51.1. The second kappa shape index (κ2) is 11.0. The van der Waals surface area contributed by atoms with Crippen LogP contribution in [0.4, 0.5) is 5.69 Å². The molecule has 2 fully saturated rings. The molecule has 0 radical (unpaired) electrons. The Morgan fingerprint density at radius 3 is 2.36 bits per heavy atom. The molecule has 1 heterocycles. The fraction of sp³-hybridized carbons (Fsp3) is 0.423. The zero-order valence-corrected chi connectivity index (χ0v) is 20.1. The van der Waals surface area contributed by atoms with E-state index in [1.807, 2.05) is 24.3 Å². The van der Waals surface area contributed by atoms with Crippen LogP contribution in [-0.2, 0) is 25.7 Å². The highest BCUT2D eigenvalue weighted by Gasteiger charge is 2.51. The van der Waals surface area contributed by atoms with Crippen LogP contribution in [0.25, 0.3) is 0 Å². The number of hydrogen-bond donors (Lipinski definition) is 0. The molecule has 1 aliphatic heterocycles. The maximum atomic E-state index is 13.7. The van der Waals surface area contributed by atoms with Crippen LogP contribution < -0.4 is 4.74 Å². The zero-order valence-electron chi connectivity index (χ0n) is 20.1. The van der Waals surface area contributed by atoms with Gasteiger partial charge in [0.15, 0.2) is 0 Å². The first-order valence-corrected chi connectivity index (χ1v) is 11.7. The maximum absolute atomic E-state index is 13.7. The lowest BCUT2D eigenvalue weighted by atomic mass is 9.70. The van der Waals surface area contributed by atoms with Crippen molar-refractivity contribution < 1.29 is 33.5 Å². The van der Waals surface area contributed by atoms with Crippen molar-refractivity contribution in [1.29, 1.82) is 0 Å². The van der Waals surface area contributed by atoms with E-state index in [0.717, 1.165) is 11.3 Å². The third-order valence-corrected chi connectivity index (χ3v) is 6.87. The second-order valence-electron chi connectivity index (χ2n) is 9.08. The lowest BCUT2D eigenvalue weighted by molar-refractivity contribution is -0.384. The molecule has 2 aromatic carbocycles. The largest absolute Gasteiger partial charge is 0.497 e. The number of imide groups is 1. The van der Waals surface area contributed by atoms with Gasteiger partial charge >= 0.3 is 0 Å². The number of methoxy groups -OCH3 is 2. The Bertz CT molecular complexity index is 1130. The number of nitrogens with zero attached hydrogens (tertiary/aromatic N) is 2. The van der Waals surface area contributed by atoms with Crippen LogP contribution in [0, 0.1) is 22.0 Å². The summed E-state index contributed by atoms with van der Waals surface area (Å²) in [5, 5.41) is 11.0. The smallest absolute Gasteiger partial charge is 0.269 e. The normalized spacial score (nSPS) is 23.8. The number of nitro groups is 1. The van der Waals surface area contributed by atoms with Crippen molar-refractivity contribution in [3.05, 3.63) is 69.8 Å². The molecule has 1 saturated heterocycles. The second-order valence-corrected chi connectivity index (χ2v) is 9.08. The molecule has 4 rings (SSSR count). The molecule has 1 aliphatic carbocycles. The number of carbonyl (C=O) groups excluding carboxylic acids is 3. The lowest BCUT2D eigenvalue weighted by Crippen LogP contribution is -2.60. The molecule has 190 valence electrons. The highest BCUT2D eigenvalue weighted by molar-refractivity contribution is 6.06. The van der Waals surface area contributed by atoms with Crippen molar-refractivity contribution in [2.24, 2.45) is 11.8 Å². The number of likely N-dealkylation sites (tertiary alicyclic amines) is 1. The van der Waals surface area contributed by atoms with Crippen LogP contribution >= 0.6 is 0 Å². The predicted molar refractivity (Wildman–Crippen MR) is 127 cm³/mol. The summed E-state index contributed by atoms with van der Waals surface area (Å²) in [5.41, 5.74) is 0.908. The summed E-state index contributed by atoms with van der Waals surface area (Å²) in [6.45, 7) is 0.355. The van der Waals surface area contributed by atoms with Crippen molar-refractivity contribution in [2.45, 2.75) is 38.0 Å². The minimum absolute atomic E-state index is 0.0314. The molecule has 4 atom stereocenters. The Balaban J connectivity index is 1.56. The van der Waals surface area contributed by atoms with Crippen molar-refractivity contribution in [1.82, 2.24) is 4.90 Å².